The van der Waals surface area contributed by atoms with Gasteiger partial charge >= 0.3 is 6.09 Å². The fourth-order valence-corrected chi connectivity index (χ4v) is 6.71. The molecule has 250 valence electrons. The van der Waals surface area contributed by atoms with Crippen LogP contribution in [0.3, 0.4) is 0 Å². The molecule has 3 aliphatic heterocycles. The number of anilines is 3. The van der Waals surface area contributed by atoms with E-state index in [2.05, 4.69) is 50.2 Å². The molecule has 0 bridgehead atoms. The Kier molecular flexibility index (Phi) is 8.23. The van der Waals surface area contributed by atoms with Crippen molar-refractivity contribution in [3.05, 3.63) is 30.4 Å². The SMILES string of the molecule is C[C@H]1CCN(c2nn(C3CCCCO3)c3nc(N4CCC(C)(CNC(=O)OC(C)(C)C)CC4)cnc23)c2ccc(-c3nnc[nH]3)nc21. The number of hydrogen-bond donors (Lipinski definition) is 2. The summed E-state index contributed by atoms with van der Waals surface area (Å²) < 4.78 is 13.6. The van der Waals surface area contributed by atoms with Crippen LogP contribution in [0.15, 0.2) is 24.7 Å². The summed E-state index contributed by atoms with van der Waals surface area (Å²) in [5, 5.41) is 16.2. The number of carbonyl (C=O) groups is 1. The number of piperidine rings is 1. The minimum absolute atomic E-state index is 0.0318. The third-order valence-corrected chi connectivity index (χ3v) is 9.51. The van der Waals surface area contributed by atoms with E-state index >= 15 is 0 Å². The first kappa shape index (κ1) is 31.3. The maximum absolute atomic E-state index is 12.3. The number of fused-ring (bicyclic) bond motifs is 2. The number of ether oxygens (including phenoxy) is 2. The zero-order valence-electron chi connectivity index (χ0n) is 28.0. The normalized spacial score (nSPS) is 21.5. The van der Waals surface area contributed by atoms with Crippen LogP contribution in [0.1, 0.15) is 91.0 Å². The highest BCUT2D eigenvalue weighted by Crippen LogP contribution is 2.42. The maximum atomic E-state index is 12.3. The molecule has 2 atom stereocenters. The second-order valence-electron chi connectivity index (χ2n) is 14.4. The molecule has 0 saturated carbocycles. The first-order valence-electron chi connectivity index (χ1n) is 16.8. The van der Waals surface area contributed by atoms with Gasteiger partial charge in [-0.1, -0.05) is 13.8 Å². The molecule has 0 radical (unpaired) electrons. The van der Waals surface area contributed by atoms with E-state index in [-0.39, 0.29) is 23.7 Å². The summed E-state index contributed by atoms with van der Waals surface area (Å²) in [6.45, 7) is 13.7. The fraction of sp³-hybridized carbons (Fsp3) is 0.606. The number of nitrogens with one attached hydrogen (secondary N) is 2. The molecular formula is C33H45N11O3. The predicted molar refractivity (Wildman–Crippen MR) is 178 cm³/mol. The van der Waals surface area contributed by atoms with Crippen molar-refractivity contribution in [2.24, 2.45) is 5.41 Å². The lowest BCUT2D eigenvalue weighted by Crippen LogP contribution is -2.46. The average molecular weight is 644 g/mol. The zero-order valence-corrected chi connectivity index (χ0v) is 28.0. The van der Waals surface area contributed by atoms with E-state index in [9.17, 15) is 4.79 Å². The molecule has 7 rings (SSSR count). The number of alkyl carbamates (subject to hydrolysis) is 1. The number of rotatable bonds is 6. The highest BCUT2D eigenvalue weighted by Gasteiger charge is 2.34. The number of aromatic amines is 1. The smallest absolute Gasteiger partial charge is 0.407 e. The Hall–Kier alpha value is -4.33. The summed E-state index contributed by atoms with van der Waals surface area (Å²) in [7, 11) is 0. The van der Waals surface area contributed by atoms with Crippen LogP contribution >= 0.6 is 0 Å². The Morgan fingerprint density at radius 2 is 1.98 bits per heavy atom. The lowest BCUT2D eigenvalue weighted by atomic mass is 9.80. The third kappa shape index (κ3) is 6.47. The summed E-state index contributed by atoms with van der Waals surface area (Å²) in [5.41, 5.74) is 3.73. The van der Waals surface area contributed by atoms with Crippen molar-refractivity contribution >= 4 is 34.6 Å². The zero-order chi connectivity index (χ0) is 32.8. The summed E-state index contributed by atoms with van der Waals surface area (Å²) in [6, 6.07) is 4.08. The third-order valence-electron chi connectivity index (χ3n) is 9.51. The Morgan fingerprint density at radius 3 is 2.70 bits per heavy atom. The van der Waals surface area contributed by atoms with E-state index < -0.39 is 5.60 Å². The second kappa shape index (κ2) is 12.4. The molecule has 0 aliphatic carbocycles. The molecule has 14 nitrogen and oxygen atoms in total. The fourth-order valence-electron chi connectivity index (χ4n) is 6.71. The minimum atomic E-state index is -0.519. The van der Waals surface area contributed by atoms with Crippen LogP contribution in [-0.4, -0.2) is 84.4 Å². The Bertz CT molecular complexity index is 1720. The number of amides is 1. The molecule has 0 aromatic carbocycles. The number of hydrogen-bond acceptors (Lipinski definition) is 11. The van der Waals surface area contributed by atoms with Crippen molar-refractivity contribution < 1.29 is 14.3 Å². The Labute approximate surface area is 274 Å². The van der Waals surface area contributed by atoms with E-state index in [4.69, 9.17) is 29.5 Å². The quantitative estimate of drug-likeness (QED) is 0.275. The molecular weight excluding hydrogens is 598 g/mol. The molecule has 14 heteroatoms. The number of carbonyl (C=O) groups excluding carboxylic acids is 1. The van der Waals surface area contributed by atoms with Gasteiger partial charge in [0.2, 0.25) is 0 Å². The van der Waals surface area contributed by atoms with Gasteiger partial charge in [0.15, 0.2) is 29.0 Å². The molecule has 1 unspecified atom stereocenters. The van der Waals surface area contributed by atoms with Gasteiger partial charge in [0.25, 0.3) is 0 Å². The highest BCUT2D eigenvalue weighted by molar-refractivity contribution is 5.88. The van der Waals surface area contributed by atoms with E-state index in [0.717, 1.165) is 98.0 Å². The number of pyridine rings is 1. The molecule has 3 aliphatic rings. The van der Waals surface area contributed by atoms with E-state index in [1.807, 2.05) is 37.7 Å². The van der Waals surface area contributed by atoms with Crippen LogP contribution in [0.2, 0.25) is 0 Å². The van der Waals surface area contributed by atoms with Crippen molar-refractivity contribution in [1.82, 2.24) is 45.2 Å². The monoisotopic (exact) mass is 643 g/mol. The van der Waals surface area contributed by atoms with Crippen LogP contribution in [-0.2, 0) is 9.47 Å². The molecule has 2 N–H and O–H groups in total. The van der Waals surface area contributed by atoms with Crippen molar-refractivity contribution in [3.63, 3.8) is 0 Å². The second-order valence-corrected chi connectivity index (χ2v) is 14.4. The lowest BCUT2D eigenvalue weighted by Gasteiger charge is -2.40. The number of nitrogens with zero attached hydrogens (tertiary/aromatic N) is 9. The number of H-pyrrole nitrogens is 1. The largest absolute Gasteiger partial charge is 0.444 e. The highest BCUT2D eigenvalue weighted by atomic mass is 16.6. The van der Waals surface area contributed by atoms with E-state index in [0.29, 0.717) is 19.0 Å². The van der Waals surface area contributed by atoms with Gasteiger partial charge in [0.05, 0.1) is 17.6 Å². The van der Waals surface area contributed by atoms with Crippen molar-refractivity contribution in [2.75, 3.05) is 42.6 Å². The molecule has 47 heavy (non-hydrogen) atoms. The molecule has 0 spiro atoms. The molecule has 4 aromatic rings. The molecule has 1 amide bonds. The first-order valence-corrected chi connectivity index (χ1v) is 16.8. The molecule has 2 saturated heterocycles. The number of aromatic nitrogens is 8. The Morgan fingerprint density at radius 1 is 1.15 bits per heavy atom. The summed E-state index contributed by atoms with van der Waals surface area (Å²) >= 11 is 0. The van der Waals surface area contributed by atoms with Crippen LogP contribution in [0.5, 0.6) is 0 Å². The molecule has 7 heterocycles. The predicted octanol–water partition coefficient (Wildman–Crippen LogP) is 5.48. The molecule has 2 fully saturated rings. The van der Waals surface area contributed by atoms with Gasteiger partial charge < -0.3 is 29.6 Å². The topological polar surface area (TPSA) is 152 Å². The summed E-state index contributed by atoms with van der Waals surface area (Å²) in [5.74, 6) is 2.53. The van der Waals surface area contributed by atoms with Crippen LogP contribution in [0.25, 0.3) is 22.7 Å². The summed E-state index contributed by atoms with van der Waals surface area (Å²) in [6.07, 6.45) is 8.62. The van der Waals surface area contributed by atoms with Gasteiger partial charge in [0.1, 0.15) is 23.4 Å². The minimum Gasteiger partial charge on any atom is -0.444 e. The van der Waals surface area contributed by atoms with Crippen molar-refractivity contribution in [1.29, 1.82) is 0 Å². The molecule has 4 aromatic heterocycles. The van der Waals surface area contributed by atoms with Gasteiger partial charge in [-0.15, -0.1) is 15.3 Å². The van der Waals surface area contributed by atoms with Gasteiger partial charge in [-0.2, -0.15) is 0 Å². The van der Waals surface area contributed by atoms with Crippen molar-refractivity contribution in [2.45, 2.75) is 90.9 Å². The standard InChI is InChI=1S/C33H45N11O3/c1-21-11-14-43(23-10-9-22(38-26(21)23)28-36-20-37-40-28)30-27-29(44(41-30)25-8-6-7-17-46-25)39-24(18-34-27)42-15-12-33(5,13-16-42)19-35-31(45)47-32(2,3)4/h9-10,18,20-21,25H,6-8,11-17,19H2,1-5H3,(H,35,45)(H,36,37,40)/t21-,25?/m0/s1. The van der Waals surface area contributed by atoms with E-state index in [1.54, 1.807) is 6.33 Å². The first-order chi connectivity index (χ1) is 22.6. The van der Waals surface area contributed by atoms with Crippen LogP contribution in [0.4, 0.5) is 22.1 Å². The van der Waals surface area contributed by atoms with Gasteiger partial charge in [-0.05, 0) is 76.8 Å². The van der Waals surface area contributed by atoms with Gasteiger partial charge in [0, 0.05) is 38.7 Å². The lowest BCUT2D eigenvalue weighted by molar-refractivity contribution is -0.0368. The van der Waals surface area contributed by atoms with Crippen LogP contribution in [0, 0.1) is 5.41 Å². The maximum Gasteiger partial charge on any atom is 0.407 e. The van der Waals surface area contributed by atoms with Crippen LogP contribution < -0.4 is 15.1 Å². The average Bonchev–Trinajstić information content (AvgIpc) is 3.73. The van der Waals surface area contributed by atoms with Crippen molar-refractivity contribution in [3.8, 4) is 11.5 Å². The van der Waals surface area contributed by atoms with Gasteiger partial charge in [-0.25, -0.2) is 24.4 Å². The van der Waals surface area contributed by atoms with E-state index in [1.165, 1.54) is 0 Å². The van der Waals surface area contributed by atoms with Gasteiger partial charge in [-0.3, -0.25) is 0 Å². The Balaban J connectivity index is 1.16. The summed E-state index contributed by atoms with van der Waals surface area (Å²) in [4.78, 5) is 35.1.